The predicted molar refractivity (Wildman–Crippen MR) is 205 cm³/mol. The van der Waals surface area contributed by atoms with Crippen molar-refractivity contribution in [3.63, 3.8) is 0 Å². The van der Waals surface area contributed by atoms with E-state index in [1.807, 2.05) is 109 Å². The van der Waals surface area contributed by atoms with Crippen molar-refractivity contribution in [3.05, 3.63) is 145 Å². The van der Waals surface area contributed by atoms with E-state index in [1.165, 1.54) is 6.92 Å². The maximum absolute atomic E-state index is 12.8. The highest BCUT2D eigenvalue weighted by Gasteiger charge is 2.55. The van der Waals surface area contributed by atoms with Crippen molar-refractivity contribution >= 4 is 24.6 Å². The lowest BCUT2D eigenvalue weighted by Crippen LogP contribution is -2.70. The maximum Gasteiger partial charge on any atom is 0.262 e. The molecule has 0 saturated heterocycles. The third-order valence-electron chi connectivity index (χ3n) is 9.46. The summed E-state index contributed by atoms with van der Waals surface area (Å²) in [5, 5.41) is 16.0. The molecule has 9 heteroatoms. The van der Waals surface area contributed by atoms with Gasteiger partial charge in [0.1, 0.15) is 25.6 Å². The van der Waals surface area contributed by atoms with Crippen LogP contribution in [0.1, 0.15) is 45.2 Å². The molecule has 0 unspecified atom stereocenters. The molecular weight excluding hydrogens is 669 g/mol. The number of ether oxygens (including phenoxy) is 4. The smallest absolute Gasteiger partial charge is 0.262 e. The summed E-state index contributed by atoms with van der Waals surface area (Å²) >= 11 is 0. The Labute approximate surface area is 309 Å². The van der Waals surface area contributed by atoms with Crippen molar-refractivity contribution in [1.29, 1.82) is 5.26 Å². The monoisotopic (exact) mass is 718 g/mol. The fourth-order valence-corrected chi connectivity index (χ4v) is 11.7. The number of hydrogen-bond acceptors (Lipinski definition) is 7. The molecule has 5 rings (SSSR count). The number of hydrogen-bond donors (Lipinski definition) is 1. The van der Waals surface area contributed by atoms with Crippen LogP contribution in [0.4, 0.5) is 0 Å². The molecule has 0 bridgehead atoms. The molecule has 0 heterocycles. The molecule has 1 aliphatic rings. The molecule has 0 fully saturated rings. The Balaban J connectivity index is 1.47. The number of nitriles is 1. The molecule has 0 spiro atoms. The lowest BCUT2D eigenvalue weighted by Gasteiger charge is -2.49. The summed E-state index contributed by atoms with van der Waals surface area (Å²) in [7, 11) is -3.08. The van der Waals surface area contributed by atoms with Gasteiger partial charge in [0.15, 0.2) is 0 Å². The quantitative estimate of drug-likeness (QED) is 0.0565. The number of carbonyl (C=O) groups is 1. The highest BCUT2D eigenvalue weighted by atomic mass is 28.4. The predicted octanol–water partition coefficient (Wildman–Crippen LogP) is 6.66. The van der Waals surface area contributed by atoms with Gasteiger partial charge in [-0.05, 0) is 33.0 Å². The highest BCUT2D eigenvalue weighted by Crippen LogP contribution is 2.41. The Morgan fingerprint density at radius 2 is 1.27 bits per heavy atom. The zero-order valence-electron chi connectivity index (χ0n) is 30.6. The van der Waals surface area contributed by atoms with Gasteiger partial charge in [0, 0.05) is 6.92 Å². The van der Waals surface area contributed by atoms with Gasteiger partial charge in [0.05, 0.1) is 37.5 Å². The van der Waals surface area contributed by atoms with Crippen LogP contribution in [0, 0.1) is 17.2 Å². The van der Waals surface area contributed by atoms with Crippen molar-refractivity contribution in [2.45, 2.75) is 70.1 Å². The fourth-order valence-electron chi connectivity index (χ4n) is 7.05. The summed E-state index contributed by atoms with van der Waals surface area (Å²) in [5.41, 5.74) is 0.947. The van der Waals surface area contributed by atoms with Crippen LogP contribution in [0.5, 0.6) is 0 Å². The van der Waals surface area contributed by atoms with Crippen LogP contribution in [0.2, 0.25) is 5.04 Å². The number of rotatable bonds is 17. The topological polar surface area (TPSA) is 99.0 Å². The zero-order valence-corrected chi connectivity index (χ0v) is 31.6. The molecule has 4 aromatic carbocycles. The van der Waals surface area contributed by atoms with Gasteiger partial charge in [-0.3, -0.25) is 4.79 Å². The first-order valence-corrected chi connectivity index (χ1v) is 19.7. The summed E-state index contributed by atoms with van der Waals surface area (Å²) in [4.78, 5) is 12.8. The number of carbonyl (C=O) groups excluding carboxylic acids is 1. The van der Waals surface area contributed by atoms with Gasteiger partial charge in [-0.2, -0.15) is 5.26 Å². The van der Waals surface area contributed by atoms with Crippen LogP contribution in [0.15, 0.2) is 133 Å². The third-order valence-corrected chi connectivity index (χ3v) is 14.5. The van der Waals surface area contributed by atoms with Crippen molar-refractivity contribution in [3.8, 4) is 6.07 Å². The Hall–Kier alpha value is -4.40. The van der Waals surface area contributed by atoms with Crippen LogP contribution < -0.4 is 15.7 Å². The minimum atomic E-state index is -3.08. The lowest BCUT2D eigenvalue weighted by atomic mass is 9.73. The first-order chi connectivity index (χ1) is 25.2. The molecule has 4 atom stereocenters. The SMILES string of the molecule is CC(=O)N[C@@]1(CCOCOCc2ccccc2)C=C[C@@H](O[Si](c2ccccc2)(c2ccccc2)C(C)(C)C)[C@H](OCOCc2ccccc2)[C@@H]1C#N. The van der Waals surface area contributed by atoms with Gasteiger partial charge < -0.3 is 28.7 Å². The highest BCUT2D eigenvalue weighted by molar-refractivity contribution is 6.99. The molecule has 4 aromatic rings. The van der Waals surface area contributed by atoms with E-state index in [0.29, 0.717) is 19.6 Å². The molecule has 272 valence electrons. The van der Waals surface area contributed by atoms with Crippen LogP contribution >= 0.6 is 0 Å². The number of nitrogens with one attached hydrogen (secondary N) is 1. The van der Waals surface area contributed by atoms with Gasteiger partial charge in [-0.25, -0.2) is 0 Å². The van der Waals surface area contributed by atoms with Crippen molar-refractivity contribution in [1.82, 2.24) is 5.32 Å². The third kappa shape index (κ3) is 9.52. The van der Waals surface area contributed by atoms with E-state index in [2.05, 4.69) is 56.4 Å². The molecule has 1 amide bonds. The van der Waals surface area contributed by atoms with E-state index in [0.717, 1.165) is 21.5 Å². The van der Waals surface area contributed by atoms with E-state index in [1.54, 1.807) is 0 Å². The fraction of sp³-hybridized carbons (Fsp3) is 0.349. The number of nitrogens with zero attached hydrogens (tertiary/aromatic N) is 1. The average molecular weight is 719 g/mol. The zero-order chi connectivity index (χ0) is 36.9. The maximum atomic E-state index is 12.8. The molecule has 8 nitrogen and oxygen atoms in total. The normalized spacial score (nSPS) is 20.2. The molecular formula is C43H50N2O6Si. The molecule has 1 aliphatic carbocycles. The van der Waals surface area contributed by atoms with Crippen LogP contribution in [0.25, 0.3) is 0 Å². The largest absolute Gasteiger partial charge is 0.398 e. The summed E-state index contributed by atoms with van der Waals surface area (Å²) in [6.07, 6.45) is 2.73. The van der Waals surface area contributed by atoms with Crippen LogP contribution in [0.3, 0.4) is 0 Å². The molecule has 0 saturated carbocycles. The van der Waals surface area contributed by atoms with Gasteiger partial charge in [0.25, 0.3) is 8.32 Å². The summed E-state index contributed by atoms with van der Waals surface area (Å²) in [6.45, 7) is 9.08. The minimum absolute atomic E-state index is 0.0683. The minimum Gasteiger partial charge on any atom is -0.398 e. The first kappa shape index (κ1) is 38.8. The van der Waals surface area contributed by atoms with Gasteiger partial charge in [0.2, 0.25) is 5.91 Å². The van der Waals surface area contributed by atoms with Crippen molar-refractivity contribution in [2.75, 3.05) is 20.2 Å². The second-order valence-corrected chi connectivity index (χ2v) is 18.4. The van der Waals surface area contributed by atoms with Gasteiger partial charge >= 0.3 is 0 Å². The van der Waals surface area contributed by atoms with E-state index < -0.39 is 32.0 Å². The molecule has 1 N–H and O–H groups in total. The van der Waals surface area contributed by atoms with E-state index >= 15 is 0 Å². The Kier molecular flexibility index (Phi) is 13.7. The Bertz CT molecular complexity index is 1710. The van der Waals surface area contributed by atoms with Gasteiger partial charge in [-0.15, -0.1) is 0 Å². The number of amides is 1. The summed E-state index contributed by atoms with van der Waals surface area (Å²) in [5.74, 6) is -1.12. The Morgan fingerprint density at radius 1 is 0.769 bits per heavy atom. The summed E-state index contributed by atoms with van der Waals surface area (Å²) < 4.78 is 31.7. The van der Waals surface area contributed by atoms with Gasteiger partial charge in [-0.1, -0.05) is 154 Å². The van der Waals surface area contributed by atoms with Crippen molar-refractivity contribution < 1.29 is 28.2 Å². The molecule has 52 heavy (non-hydrogen) atoms. The Morgan fingerprint density at radius 3 is 1.75 bits per heavy atom. The van der Waals surface area contributed by atoms with E-state index in [4.69, 9.17) is 23.4 Å². The summed E-state index contributed by atoms with van der Waals surface area (Å²) in [6, 6.07) is 43.0. The molecule has 0 radical (unpaired) electrons. The standard InChI is InChI=1S/C43H50N2O6Si/c1-34(46)45-43(27-28-47-32-48-30-35-17-9-5-10-18-35)26-25-40(41(39(43)29-44)50-33-49-31-36-19-11-6-12-20-36)51-52(42(2,3)4,37-21-13-7-14-22-37)38-23-15-8-16-24-38/h5-26,39-41H,27-28,30-33H2,1-4H3,(H,45,46)/t39-,40+,41+,43+/m0/s1. The second-order valence-electron chi connectivity index (χ2n) is 14.1. The van der Waals surface area contributed by atoms with E-state index in [9.17, 15) is 10.1 Å². The van der Waals surface area contributed by atoms with Crippen LogP contribution in [-0.4, -0.2) is 52.2 Å². The number of benzene rings is 4. The second kappa shape index (κ2) is 18.4. The molecule has 0 aliphatic heterocycles. The average Bonchev–Trinajstić information content (AvgIpc) is 3.15. The van der Waals surface area contributed by atoms with Crippen LogP contribution in [-0.2, 0) is 41.4 Å². The van der Waals surface area contributed by atoms with E-state index in [-0.39, 0.29) is 31.1 Å². The first-order valence-electron chi connectivity index (χ1n) is 17.8. The lowest BCUT2D eigenvalue weighted by molar-refractivity contribution is -0.144. The molecule has 0 aromatic heterocycles. The van der Waals surface area contributed by atoms with Crippen molar-refractivity contribution in [2.24, 2.45) is 5.92 Å².